The Kier molecular flexibility index (Phi) is 3.92. The van der Waals surface area contributed by atoms with Gasteiger partial charge in [-0.15, -0.1) is 0 Å². The number of carbonyl (C=O) groups excluding carboxylic acids is 1. The van der Waals surface area contributed by atoms with Gasteiger partial charge < -0.3 is 9.84 Å². The van der Waals surface area contributed by atoms with Crippen LogP contribution in [-0.4, -0.2) is 23.8 Å². The maximum atomic E-state index is 11.3. The second kappa shape index (κ2) is 4.83. The smallest absolute Gasteiger partial charge is 0.308 e. The van der Waals surface area contributed by atoms with Crippen molar-refractivity contribution in [2.24, 2.45) is 5.92 Å². The van der Waals surface area contributed by atoms with E-state index in [1.807, 2.05) is 19.9 Å². The molecule has 1 rings (SSSR count). The van der Waals surface area contributed by atoms with E-state index in [0.717, 1.165) is 17.6 Å². The summed E-state index contributed by atoms with van der Waals surface area (Å²) in [6.07, 6.45) is 3.46. The number of hydrogen-bond donors (Lipinski definition) is 1. The molecule has 0 heterocycles. The predicted octanol–water partition coefficient (Wildman–Crippen LogP) is 2.21. The average Bonchev–Trinajstić information content (AvgIpc) is 2.21. The van der Waals surface area contributed by atoms with Gasteiger partial charge in [0.15, 0.2) is 0 Å². The van der Waals surface area contributed by atoms with Crippen LogP contribution in [0.1, 0.15) is 33.1 Å². The van der Waals surface area contributed by atoms with E-state index in [0.29, 0.717) is 6.42 Å². The molecule has 0 bridgehead atoms. The molecule has 1 aliphatic rings. The van der Waals surface area contributed by atoms with Gasteiger partial charge in [-0.1, -0.05) is 18.2 Å². The van der Waals surface area contributed by atoms with Gasteiger partial charge in [0.25, 0.3) is 0 Å². The molecule has 0 radical (unpaired) electrons. The highest BCUT2D eigenvalue weighted by molar-refractivity contribution is 5.71. The number of rotatable bonds is 3. The molecule has 0 saturated carbocycles. The molecule has 0 aromatic carbocycles. The molecule has 2 unspecified atom stereocenters. The van der Waals surface area contributed by atoms with Crippen molar-refractivity contribution >= 4 is 5.97 Å². The van der Waals surface area contributed by atoms with E-state index in [4.69, 9.17) is 0 Å². The van der Waals surface area contributed by atoms with Crippen molar-refractivity contribution in [3.05, 3.63) is 23.8 Å². The van der Waals surface area contributed by atoms with Gasteiger partial charge in [0.2, 0.25) is 0 Å². The first-order valence-electron chi connectivity index (χ1n) is 5.51. The van der Waals surface area contributed by atoms with Crippen molar-refractivity contribution < 1.29 is 14.6 Å². The maximum absolute atomic E-state index is 11.3. The van der Waals surface area contributed by atoms with Gasteiger partial charge in [0.1, 0.15) is 0 Å². The Morgan fingerprint density at radius 1 is 1.75 bits per heavy atom. The molecule has 90 valence electrons. The van der Waals surface area contributed by atoms with Gasteiger partial charge in [-0.05, 0) is 38.2 Å². The number of carbonyl (C=O) groups is 1. The molecule has 2 atom stereocenters. The molecule has 0 fully saturated rings. The SMILES string of the molecule is C=C(C)C1CC=C(C)C(O)(CC(=O)OC)C1. The van der Waals surface area contributed by atoms with Crippen molar-refractivity contribution in [2.45, 2.75) is 38.7 Å². The number of aliphatic hydroxyl groups is 1. The van der Waals surface area contributed by atoms with Crippen LogP contribution in [0.4, 0.5) is 0 Å². The number of esters is 1. The highest BCUT2D eigenvalue weighted by Crippen LogP contribution is 2.37. The van der Waals surface area contributed by atoms with E-state index in [2.05, 4.69) is 11.3 Å². The minimum atomic E-state index is -1.06. The number of allylic oxidation sites excluding steroid dienone is 2. The summed E-state index contributed by atoms with van der Waals surface area (Å²) in [5, 5.41) is 10.5. The van der Waals surface area contributed by atoms with Gasteiger partial charge in [0.05, 0.1) is 19.1 Å². The molecule has 0 aromatic heterocycles. The molecular formula is C13H20O3. The van der Waals surface area contributed by atoms with Crippen molar-refractivity contribution in [3.63, 3.8) is 0 Å². The summed E-state index contributed by atoms with van der Waals surface area (Å²) in [7, 11) is 1.34. The number of methoxy groups -OCH3 is 1. The lowest BCUT2D eigenvalue weighted by Crippen LogP contribution is -2.38. The fourth-order valence-electron chi connectivity index (χ4n) is 2.06. The lowest BCUT2D eigenvalue weighted by Gasteiger charge is -2.36. The minimum absolute atomic E-state index is 0.0234. The first-order chi connectivity index (χ1) is 7.39. The predicted molar refractivity (Wildman–Crippen MR) is 62.9 cm³/mol. The molecule has 0 saturated heterocycles. The molecule has 16 heavy (non-hydrogen) atoms. The van der Waals surface area contributed by atoms with E-state index >= 15 is 0 Å². The quantitative estimate of drug-likeness (QED) is 0.590. The summed E-state index contributed by atoms with van der Waals surface area (Å²) < 4.78 is 4.61. The molecule has 3 nitrogen and oxygen atoms in total. The topological polar surface area (TPSA) is 46.5 Å². The van der Waals surface area contributed by atoms with Crippen LogP contribution in [0.3, 0.4) is 0 Å². The van der Waals surface area contributed by atoms with Gasteiger partial charge in [-0.2, -0.15) is 0 Å². The maximum Gasteiger partial charge on any atom is 0.308 e. The van der Waals surface area contributed by atoms with Crippen LogP contribution >= 0.6 is 0 Å². The fraction of sp³-hybridized carbons (Fsp3) is 0.615. The van der Waals surface area contributed by atoms with E-state index in [1.54, 1.807) is 0 Å². The third kappa shape index (κ3) is 2.73. The monoisotopic (exact) mass is 224 g/mol. The Balaban J connectivity index is 2.84. The van der Waals surface area contributed by atoms with Crippen LogP contribution in [-0.2, 0) is 9.53 Å². The number of hydrogen-bond acceptors (Lipinski definition) is 3. The Morgan fingerprint density at radius 2 is 2.38 bits per heavy atom. The molecule has 1 N–H and O–H groups in total. The summed E-state index contributed by atoms with van der Waals surface area (Å²) >= 11 is 0. The van der Waals surface area contributed by atoms with E-state index in [1.165, 1.54) is 7.11 Å². The molecule has 0 aromatic rings. The van der Waals surface area contributed by atoms with Gasteiger partial charge in [-0.3, -0.25) is 4.79 Å². The highest BCUT2D eigenvalue weighted by Gasteiger charge is 2.37. The third-order valence-electron chi connectivity index (χ3n) is 3.39. The summed E-state index contributed by atoms with van der Waals surface area (Å²) in [6, 6.07) is 0. The lowest BCUT2D eigenvalue weighted by atomic mass is 9.74. The number of ether oxygens (including phenoxy) is 1. The van der Waals surface area contributed by atoms with Crippen LogP contribution in [0.15, 0.2) is 23.8 Å². The molecular weight excluding hydrogens is 204 g/mol. The summed E-state index contributed by atoms with van der Waals surface area (Å²) in [4.78, 5) is 11.3. The molecule has 0 spiro atoms. The van der Waals surface area contributed by atoms with Crippen molar-refractivity contribution in [3.8, 4) is 0 Å². The lowest BCUT2D eigenvalue weighted by molar-refractivity contribution is -0.145. The summed E-state index contributed by atoms with van der Waals surface area (Å²) in [5.41, 5.74) is 0.844. The molecule has 3 heteroatoms. The van der Waals surface area contributed by atoms with Crippen molar-refractivity contribution in [1.82, 2.24) is 0 Å². The zero-order chi connectivity index (χ0) is 12.3. The standard InChI is InChI=1S/C13H20O3/c1-9(2)11-6-5-10(3)13(15,7-11)8-12(14)16-4/h5,11,15H,1,6-8H2,2-4H3. The highest BCUT2D eigenvalue weighted by atomic mass is 16.5. The summed E-state index contributed by atoms with van der Waals surface area (Å²) in [5.74, 6) is -0.129. The zero-order valence-corrected chi connectivity index (χ0v) is 10.2. The van der Waals surface area contributed by atoms with Gasteiger partial charge in [0, 0.05) is 0 Å². The average molecular weight is 224 g/mol. The third-order valence-corrected chi connectivity index (χ3v) is 3.39. The zero-order valence-electron chi connectivity index (χ0n) is 10.2. The van der Waals surface area contributed by atoms with E-state index in [-0.39, 0.29) is 18.3 Å². The van der Waals surface area contributed by atoms with Gasteiger partial charge in [-0.25, -0.2) is 0 Å². The Bertz CT molecular complexity index is 330. The van der Waals surface area contributed by atoms with Crippen molar-refractivity contribution in [1.29, 1.82) is 0 Å². The molecule has 0 aliphatic heterocycles. The first kappa shape index (κ1) is 13.0. The Labute approximate surface area is 96.8 Å². The van der Waals surface area contributed by atoms with E-state index < -0.39 is 5.60 Å². The van der Waals surface area contributed by atoms with Crippen LogP contribution in [0.5, 0.6) is 0 Å². The van der Waals surface area contributed by atoms with Gasteiger partial charge >= 0.3 is 5.97 Å². The van der Waals surface area contributed by atoms with Crippen molar-refractivity contribution in [2.75, 3.05) is 7.11 Å². The van der Waals surface area contributed by atoms with Crippen LogP contribution in [0.25, 0.3) is 0 Å². The molecule has 0 amide bonds. The normalized spacial score (nSPS) is 29.5. The first-order valence-corrected chi connectivity index (χ1v) is 5.51. The van der Waals surface area contributed by atoms with E-state index in [9.17, 15) is 9.90 Å². The summed E-state index contributed by atoms with van der Waals surface area (Å²) in [6.45, 7) is 7.73. The second-order valence-electron chi connectivity index (χ2n) is 4.65. The van der Waals surface area contributed by atoms with Crippen LogP contribution in [0, 0.1) is 5.92 Å². The molecule has 1 aliphatic carbocycles. The Hall–Kier alpha value is -1.09. The van der Waals surface area contributed by atoms with Crippen LogP contribution < -0.4 is 0 Å². The Morgan fingerprint density at radius 3 is 2.88 bits per heavy atom. The second-order valence-corrected chi connectivity index (χ2v) is 4.65. The minimum Gasteiger partial charge on any atom is -0.469 e. The fourth-order valence-corrected chi connectivity index (χ4v) is 2.06. The largest absolute Gasteiger partial charge is 0.469 e. The van der Waals surface area contributed by atoms with Crippen LogP contribution in [0.2, 0.25) is 0 Å².